The van der Waals surface area contributed by atoms with E-state index in [1.54, 1.807) is 14.2 Å². The van der Waals surface area contributed by atoms with Crippen LogP contribution in [0.1, 0.15) is 5.56 Å². The molecule has 1 aliphatic rings. The molecule has 1 saturated heterocycles. The van der Waals surface area contributed by atoms with E-state index >= 15 is 0 Å². The topological polar surface area (TPSA) is 71.1 Å². The number of imide groups is 1. The van der Waals surface area contributed by atoms with Crippen LogP contribution in [-0.4, -0.2) is 69.2 Å². The highest BCUT2D eigenvalue weighted by molar-refractivity contribution is 5.96. The van der Waals surface area contributed by atoms with Crippen LogP contribution in [0.5, 0.6) is 11.5 Å². The van der Waals surface area contributed by atoms with Crippen LogP contribution in [-0.2, 0) is 11.2 Å². The number of carbonyl (C=O) groups is 2. The lowest BCUT2D eigenvalue weighted by Crippen LogP contribution is -2.41. The number of carbonyl (C=O) groups excluding carboxylic acids is 2. The number of ether oxygens (including phenoxy) is 2. The van der Waals surface area contributed by atoms with Gasteiger partial charge in [-0.3, -0.25) is 14.6 Å². The Bertz CT molecular complexity index is 576. The summed E-state index contributed by atoms with van der Waals surface area (Å²) in [5.41, 5.74) is 1.10. The first kappa shape index (κ1) is 17.1. The van der Waals surface area contributed by atoms with Crippen LogP contribution < -0.4 is 14.8 Å². The Morgan fingerprint density at radius 3 is 2.65 bits per heavy atom. The molecule has 0 unspecified atom stereocenters. The van der Waals surface area contributed by atoms with Crippen LogP contribution in [0.4, 0.5) is 4.79 Å². The van der Waals surface area contributed by atoms with E-state index < -0.39 is 0 Å². The second-order valence-corrected chi connectivity index (χ2v) is 5.45. The number of amides is 3. The predicted molar refractivity (Wildman–Crippen MR) is 85.9 cm³/mol. The van der Waals surface area contributed by atoms with Gasteiger partial charge < -0.3 is 14.8 Å². The molecule has 1 aromatic rings. The van der Waals surface area contributed by atoms with E-state index in [1.165, 1.54) is 4.90 Å². The number of likely N-dealkylation sites (N-methyl/N-ethyl adjacent to an activating group) is 1. The lowest BCUT2D eigenvalue weighted by molar-refractivity contribution is -0.128. The molecule has 126 valence electrons. The molecule has 7 heteroatoms. The summed E-state index contributed by atoms with van der Waals surface area (Å²) in [7, 11) is 5.07. The highest BCUT2D eigenvalue weighted by atomic mass is 16.5. The maximum atomic E-state index is 12.0. The molecule has 1 fully saturated rings. The fourth-order valence-electron chi connectivity index (χ4n) is 2.46. The van der Waals surface area contributed by atoms with Crippen molar-refractivity contribution in [3.63, 3.8) is 0 Å². The molecule has 1 heterocycles. The fraction of sp³-hybridized carbons (Fsp3) is 0.500. The molecule has 0 aliphatic carbocycles. The Kier molecular flexibility index (Phi) is 5.81. The molecule has 1 aliphatic heterocycles. The average molecular weight is 321 g/mol. The summed E-state index contributed by atoms with van der Waals surface area (Å²) in [6, 6.07) is 5.48. The number of nitrogens with zero attached hydrogens (tertiary/aromatic N) is 2. The first-order chi connectivity index (χ1) is 11.0. The normalized spacial score (nSPS) is 14.1. The zero-order chi connectivity index (χ0) is 16.8. The Balaban J connectivity index is 1.85. The van der Waals surface area contributed by atoms with Crippen molar-refractivity contribution >= 4 is 11.9 Å². The number of hydrogen-bond acceptors (Lipinski definition) is 5. The van der Waals surface area contributed by atoms with Gasteiger partial charge in [0.2, 0.25) is 5.91 Å². The summed E-state index contributed by atoms with van der Waals surface area (Å²) >= 11 is 0. The Morgan fingerprint density at radius 2 is 2.04 bits per heavy atom. The van der Waals surface area contributed by atoms with E-state index in [0.29, 0.717) is 31.1 Å². The molecule has 0 bridgehead atoms. The second kappa shape index (κ2) is 7.82. The third-order valence-corrected chi connectivity index (χ3v) is 3.79. The van der Waals surface area contributed by atoms with E-state index in [-0.39, 0.29) is 18.5 Å². The van der Waals surface area contributed by atoms with Gasteiger partial charge in [0.1, 0.15) is 0 Å². The molecule has 0 saturated carbocycles. The molecule has 0 spiro atoms. The summed E-state index contributed by atoms with van der Waals surface area (Å²) < 4.78 is 10.5. The number of methoxy groups -OCH3 is 2. The standard InChI is InChI=1S/C16H23N3O4/c1-18(11-15(20)19-9-7-17-16(19)21)8-6-12-4-5-13(22-2)14(10-12)23-3/h4-5,10H,6-9,11H2,1-3H3,(H,17,21). The third-order valence-electron chi connectivity index (χ3n) is 3.79. The zero-order valence-corrected chi connectivity index (χ0v) is 13.8. The SMILES string of the molecule is COc1ccc(CCN(C)CC(=O)N2CCNC2=O)cc1OC. The van der Waals surface area contributed by atoms with Crippen molar-refractivity contribution in [2.75, 3.05) is 47.4 Å². The molecule has 0 radical (unpaired) electrons. The van der Waals surface area contributed by atoms with Crippen LogP contribution in [0.3, 0.4) is 0 Å². The van der Waals surface area contributed by atoms with Crippen molar-refractivity contribution in [2.24, 2.45) is 0 Å². The maximum Gasteiger partial charge on any atom is 0.324 e. The van der Waals surface area contributed by atoms with Crippen LogP contribution in [0.15, 0.2) is 18.2 Å². The van der Waals surface area contributed by atoms with Crippen molar-refractivity contribution in [1.29, 1.82) is 0 Å². The van der Waals surface area contributed by atoms with Crippen LogP contribution in [0.25, 0.3) is 0 Å². The second-order valence-electron chi connectivity index (χ2n) is 5.45. The molecular weight excluding hydrogens is 298 g/mol. The number of nitrogens with one attached hydrogen (secondary N) is 1. The van der Waals surface area contributed by atoms with Crippen LogP contribution >= 0.6 is 0 Å². The van der Waals surface area contributed by atoms with Gasteiger partial charge in [-0.15, -0.1) is 0 Å². The lowest BCUT2D eigenvalue weighted by atomic mass is 10.1. The van der Waals surface area contributed by atoms with Crippen molar-refractivity contribution < 1.29 is 19.1 Å². The molecule has 1 N–H and O–H groups in total. The number of rotatable bonds is 7. The molecule has 0 aromatic heterocycles. The Labute approximate surface area is 136 Å². The van der Waals surface area contributed by atoms with Crippen molar-refractivity contribution in [1.82, 2.24) is 15.1 Å². The smallest absolute Gasteiger partial charge is 0.324 e. The summed E-state index contributed by atoms with van der Waals surface area (Å²) in [4.78, 5) is 26.7. The van der Waals surface area contributed by atoms with E-state index in [4.69, 9.17) is 9.47 Å². The summed E-state index contributed by atoms with van der Waals surface area (Å²) in [6.07, 6.45) is 0.774. The monoisotopic (exact) mass is 321 g/mol. The van der Waals surface area contributed by atoms with E-state index in [9.17, 15) is 9.59 Å². The van der Waals surface area contributed by atoms with Gasteiger partial charge in [-0.05, 0) is 31.2 Å². The summed E-state index contributed by atoms with van der Waals surface area (Å²) in [5.74, 6) is 1.21. The highest BCUT2D eigenvalue weighted by Gasteiger charge is 2.26. The average Bonchev–Trinajstić information content (AvgIpc) is 2.98. The first-order valence-electron chi connectivity index (χ1n) is 7.52. The number of benzene rings is 1. The predicted octanol–water partition coefficient (Wildman–Crippen LogP) is 0.730. The van der Waals surface area contributed by atoms with Gasteiger partial charge in [0.15, 0.2) is 11.5 Å². The molecular formula is C16H23N3O4. The fourth-order valence-corrected chi connectivity index (χ4v) is 2.46. The minimum Gasteiger partial charge on any atom is -0.493 e. The quantitative estimate of drug-likeness (QED) is 0.802. The van der Waals surface area contributed by atoms with Crippen molar-refractivity contribution in [3.8, 4) is 11.5 Å². The van der Waals surface area contributed by atoms with Gasteiger partial charge in [0.05, 0.1) is 20.8 Å². The largest absolute Gasteiger partial charge is 0.493 e. The molecule has 3 amide bonds. The van der Waals surface area contributed by atoms with Crippen LogP contribution in [0, 0.1) is 0 Å². The van der Waals surface area contributed by atoms with Gasteiger partial charge in [0.25, 0.3) is 0 Å². The molecule has 0 atom stereocenters. The van der Waals surface area contributed by atoms with E-state index in [2.05, 4.69) is 5.32 Å². The molecule has 2 rings (SSSR count). The van der Waals surface area contributed by atoms with Gasteiger partial charge in [-0.1, -0.05) is 6.07 Å². The van der Waals surface area contributed by atoms with Gasteiger partial charge in [0, 0.05) is 19.6 Å². The third kappa shape index (κ3) is 4.35. The minimum absolute atomic E-state index is 0.171. The van der Waals surface area contributed by atoms with E-state index in [0.717, 1.165) is 12.0 Å². The first-order valence-corrected chi connectivity index (χ1v) is 7.52. The van der Waals surface area contributed by atoms with Gasteiger partial charge >= 0.3 is 6.03 Å². The lowest BCUT2D eigenvalue weighted by Gasteiger charge is -2.19. The summed E-state index contributed by atoms with van der Waals surface area (Å²) in [5, 5.41) is 2.63. The minimum atomic E-state index is -0.303. The number of hydrogen-bond donors (Lipinski definition) is 1. The summed E-state index contributed by atoms with van der Waals surface area (Å²) in [6.45, 7) is 1.90. The van der Waals surface area contributed by atoms with Crippen molar-refractivity contribution in [2.45, 2.75) is 6.42 Å². The Morgan fingerprint density at radius 1 is 1.30 bits per heavy atom. The molecule has 7 nitrogen and oxygen atoms in total. The highest BCUT2D eigenvalue weighted by Crippen LogP contribution is 2.27. The van der Waals surface area contributed by atoms with Gasteiger partial charge in [-0.25, -0.2) is 4.79 Å². The molecule has 23 heavy (non-hydrogen) atoms. The Hall–Kier alpha value is -2.28. The van der Waals surface area contributed by atoms with Crippen LogP contribution in [0.2, 0.25) is 0 Å². The zero-order valence-electron chi connectivity index (χ0n) is 13.8. The van der Waals surface area contributed by atoms with Gasteiger partial charge in [-0.2, -0.15) is 0 Å². The van der Waals surface area contributed by atoms with E-state index in [1.807, 2.05) is 30.1 Å². The van der Waals surface area contributed by atoms with Crippen molar-refractivity contribution in [3.05, 3.63) is 23.8 Å². The maximum absolute atomic E-state index is 12.0. The molecule has 1 aromatic carbocycles. The number of urea groups is 1.